The number of carbonyl (C=O) groups is 10. The zero-order chi connectivity index (χ0) is 54.7. The molecule has 73 heavy (non-hydrogen) atoms. The number of ether oxygens (including phenoxy) is 1. The summed E-state index contributed by atoms with van der Waals surface area (Å²) >= 11 is 0. The van der Waals surface area contributed by atoms with E-state index in [1.807, 2.05) is 0 Å². The number of rotatable bonds is 18. The molecule has 0 aliphatic carbocycles. The molecule has 0 radical (unpaired) electrons. The standard InChI is InChI=1S/C46H74N14O11S2/c1-8-24(4)35-42(68)58-34(23(2)3)41(67)55-29(20-32(47)61)38(64)57-30(22-72-73-46(5,6)36(49)43(69)56-28(39(65)59-35)19-25-13-15-26(71-7)16-14-25)44(70)60-18-10-12-31(60)40(66)54-27(11-9-17-52-45(50)51)37(63)53-21-33(48)62/h13-16,23-24,27-31,34-36H,8-12,17-22,49H2,1-7H3,(H2,47,61)(H2,48,62)(H,53,63)(H,54,66)(H,55,67)(H,56,69)(H,57,64)(H,58,68)(H,59,65)(H4,50,51,52)/t24-,27-,28+,29+,30+,31-,34-,35-,36-/m0/s1. The Bertz CT molecular complexity index is 2180. The second-order valence-corrected chi connectivity index (χ2v) is 21.8. The van der Waals surface area contributed by atoms with Gasteiger partial charge in [0.25, 0.3) is 0 Å². The minimum Gasteiger partial charge on any atom is -0.497 e. The van der Waals surface area contributed by atoms with E-state index in [4.69, 9.17) is 33.4 Å². The van der Waals surface area contributed by atoms with E-state index in [0.717, 1.165) is 21.6 Å². The maximum Gasteiger partial charge on any atom is 0.246 e. The molecule has 2 aliphatic heterocycles. The number of methoxy groups -OCH3 is 1. The highest BCUT2D eigenvalue weighted by atomic mass is 33.1. The third-order valence-electron chi connectivity index (χ3n) is 12.3. The number of benzene rings is 1. The van der Waals surface area contributed by atoms with Crippen molar-refractivity contribution >= 4 is 86.6 Å². The highest BCUT2D eigenvalue weighted by Gasteiger charge is 2.42. The van der Waals surface area contributed by atoms with Crippen molar-refractivity contribution in [3.8, 4) is 5.75 Å². The Morgan fingerprint density at radius 2 is 1.47 bits per heavy atom. The van der Waals surface area contributed by atoms with Crippen LogP contribution in [0, 0.1) is 11.8 Å². The lowest BCUT2D eigenvalue weighted by atomic mass is 9.95. The third kappa shape index (κ3) is 18.9. The minimum atomic E-state index is -1.67. The van der Waals surface area contributed by atoms with Crippen molar-refractivity contribution < 1.29 is 52.7 Å². The van der Waals surface area contributed by atoms with Gasteiger partial charge in [0, 0.05) is 30.0 Å². The number of nitrogens with zero attached hydrogens (tertiary/aromatic N) is 2. The Labute approximate surface area is 433 Å². The smallest absolute Gasteiger partial charge is 0.246 e. The molecule has 9 atom stereocenters. The van der Waals surface area contributed by atoms with Gasteiger partial charge in [-0.15, -0.1) is 0 Å². The first-order valence-electron chi connectivity index (χ1n) is 24.0. The van der Waals surface area contributed by atoms with E-state index in [1.54, 1.807) is 65.8 Å². The van der Waals surface area contributed by atoms with Gasteiger partial charge in [-0.25, -0.2) is 0 Å². The molecule has 0 unspecified atom stereocenters. The Morgan fingerprint density at radius 1 is 0.849 bits per heavy atom. The summed E-state index contributed by atoms with van der Waals surface area (Å²) < 4.78 is 4.15. The maximum absolute atomic E-state index is 14.7. The van der Waals surface area contributed by atoms with Crippen LogP contribution in [0.25, 0.3) is 0 Å². The summed E-state index contributed by atoms with van der Waals surface area (Å²) in [6.45, 7) is 9.75. The maximum atomic E-state index is 14.7. The summed E-state index contributed by atoms with van der Waals surface area (Å²) in [5, 5.41) is 18.4. The first kappa shape index (κ1) is 61.0. The van der Waals surface area contributed by atoms with Crippen molar-refractivity contribution in [2.75, 3.05) is 32.5 Å². The van der Waals surface area contributed by atoms with Crippen molar-refractivity contribution in [3.05, 3.63) is 29.8 Å². The zero-order valence-electron chi connectivity index (χ0n) is 42.4. The molecule has 2 fully saturated rings. The van der Waals surface area contributed by atoms with Gasteiger partial charge in [0.05, 0.1) is 26.1 Å². The van der Waals surface area contributed by atoms with Gasteiger partial charge in [0.15, 0.2) is 5.96 Å². The molecular formula is C46H74N14O11S2. The zero-order valence-corrected chi connectivity index (χ0v) is 44.1. The fourth-order valence-electron chi connectivity index (χ4n) is 7.78. The second kappa shape index (κ2) is 28.8. The van der Waals surface area contributed by atoms with Crippen LogP contribution in [0.2, 0.25) is 0 Å². The summed E-state index contributed by atoms with van der Waals surface area (Å²) in [5.41, 5.74) is 28.9. The normalized spacial score (nSPS) is 24.3. The van der Waals surface area contributed by atoms with Crippen molar-refractivity contribution in [3.63, 3.8) is 0 Å². The first-order valence-corrected chi connectivity index (χ1v) is 26.3. The Kier molecular flexibility index (Phi) is 24.0. The molecule has 10 amide bonds. The first-order chi connectivity index (χ1) is 34.3. The number of aliphatic imine (C=N–C) groups is 1. The van der Waals surface area contributed by atoms with Gasteiger partial charge >= 0.3 is 0 Å². The Hall–Kier alpha value is -6.35. The summed E-state index contributed by atoms with van der Waals surface area (Å²) in [4.78, 5) is 142. The number of carbonyl (C=O) groups excluding carboxylic acids is 10. The third-order valence-corrected chi connectivity index (χ3v) is 15.6. The van der Waals surface area contributed by atoms with E-state index in [9.17, 15) is 47.9 Å². The molecule has 3 rings (SSSR count). The van der Waals surface area contributed by atoms with Crippen LogP contribution in [0.5, 0.6) is 5.75 Å². The second-order valence-electron chi connectivity index (χ2n) is 18.8. The largest absolute Gasteiger partial charge is 0.497 e. The summed E-state index contributed by atoms with van der Waals surface area (Å²) in [7, 11) is 3.64. The lowest BCUT2D eigenvalue weighted by Gasteiger charge is -2.33. The SMILES string of the molecule is CC[C@H](C)[C@@H]1NC(=O)[C@@H](Cc2ccc(OC)cc2)NC(=O)[C@H](N)C(C)(C)SSC[C@H](C(=O)N2CCC[C@H]2C(=O)N[C@@H](CCCN=C(N)N)C(=O)NCC(N)=O)NC(=O)[C@@H](CC(N)=O)NC(=O)[C@H](C(C)C)NC1=O. The van der Waals surface area contributed by atoms with E-state index < -0.39 is 137 Å². The fourth-order valence-corrected chi connectivity index (χ4v) is 10.6. The number of likely N-dealkylation sites (tertiary alicyclic amines) is 1. The number of primary amides is 2. The van der Waals surface area contributed by atoms with Crippen LogP contribution < -0.4 is 70.6 Å². The molecule has 27 heteroatoms. The van der Waals surface area contributed by atoms with Gasteiger partial charge in [0.2, 0.25) is 59.1 Å². The van der Waals surface area contributed by atoms with E-state index in [2.05, 4.69) is 42.2 Å². The fraction of sp³-hybridized carbons (Fsp3) is 0.630. The molecule has 0 saturated carbocycles. The van der Waals surface area contributed by atoms with Gasteiger partial charge in [-0.3, -0.25) is 52.9 Å². The molecule has 0 aromatic heterocycles. The molecule has 1 aromatic rings. The van der Waals surface area contributed by atoms with E-state index in [1.165, 1.54) is 12.0 Å². The highest BCUT2D eigenvalue weighted by Crippen LogP contribution is 2.38. The lowest BCUT2D eigenvalue weighted by Crippen LogP contribution is -2.63. The molecule has 2 aliphatic rings. The van der Waals surface area contributed by atoms with E-state index >= 15 is 0 Å². The van der Waals surface area contributed by atoms with Crippen LogP contribution in [0.15, 0.2) is 29.3 Å². The van der Waals surface area contributed by atoms with Crippen LogP contribution in [-0.4, -0.2) is 156 Å². The van der Waals surface area contributed by atoms with Crippen molar-refractivity contribution in [1.29, 1.82) is 0 Å². The summed E-state index contributed by atoms with van der Waals surface area (Å²) in [6.07, 6.45) is 0.403. The van der Waals surface area contributed by atoms with Crippen molar-refractivity contribution in [2.45, 2.75) is 140 Å². The van der Waals surface area contributed by atoms with E-state index in [0.29, 0.717) is 24.2 Å². The predicted molar refractivity (Wildman–Crippen MR) is 275 cm³/mol. The molecule has 2 heterocycles. The molecular weight excluding hydrogens is 989 g/mol. The summed E-state index contributed by atoms with van der Waals surface area (Å²) in [5.74, 6) is -9.05. The Balaban J connectivity index is 2.08. The number of amides is 10. The highest BCUT2D eigenvalue weighted by molar-refractivity contribution is 8.77. The molecule has 2 saturated heterocycles. The lowest BCUT2D eigenvalue weighted by molar-refractivity contribution is -0.142. The topological polar surface area (TPSA) is 410 Å². The minimum absolute atomic E-state index is 0.0225. The predicted octanol–water partition coefficient (Wildman–Crippen LogP) is -3.13. The molecule has 406 valence electrons. The number of hydrogen-bond acceptors (Lipinski definition) is 15. The molecule has 1 aromatic carbocycles. The van der Waals surface area contributed by atoms with Crippen LogP contribution in [0.1, 0.15) is 85.6 Å². The molecule has 0 bridgehead atoms. The summed E-state index contributed by atoms with van der Waals surface area (Å²) in [6, 6.07) is -3.76. The number of hydrogen-bond donors (Lipinski definition) is 12. The van der Waals surface area contributed by atoms with Crippen LogP contribution in [0.3, 0.4) is 0 Å². The Morgan fingerprint density at radius 3 is 2.05 bits per heavy atom. The molecule has 0 spiro atoms. The monoisotopic (exact) mass is 1060 g/mol. The quantitative estimate of drug-likeness (QED) is 0.0299. The van der Waals surface area contributed by atoms with Crippen LogP contribution in [0.4, 0.5) is 0 Å². The van der Waals surface area contributed by atoms with Gasteiger partial charge in [0.1, 0.15) is 48.0 Å². The average molecular weight is 1060 g/mol. The average Bonchev–Trinajstić information content (AvgIpc) is 3.83. The van der Waals surface area contributed by atoms with Gasteiger partial charge in [-0.2, -0.15) is 0 Å². The van der Waals surface area contributed by atoms with Gasteiger partial charge in [-0.05, 0) is 69.1 Å². The number of nitrogens with two attached hydrogens (primary N) is 5. The van der Waals surface area contributed by atoms with Gasteiger partial charge < -0.3 is 75.5 Å². The number of nitrogens with one attached hydrogen (secondary N) is 7. The van der Waals surface area contributed by atoms with Gasteiger partial charge in [-0.1, -0.05) is 67.8 Å². The van der Waals surface area contributed by atoms with Crippen molar-refractivity contribution in [1.82, 2.24) is 42.1 Å². The molecule has 25 nitrogen and oxygen atoms in total. The van der Waals surface area contributed by atoms with Crippen molar-refractivity contribution in [2.24, 2.45) is 45.5 Å². The van der Waals surface area contributed by atoms with E-state index in [-0.39, 0.29) is 50.5 Å². The molecule has 17 N–H and O–H groups in total. The number of guanidine groups is 1. The van der Waals surface area contributed by atoms with Crippen LogP contribution in [-0.2, 0) is 54.4 Å². The van der Waals surface area contributed by atoms with Crippen LogP contribution >= 0.6 is 21.6 Å².